The minimum Gasteiger partial charge on any atom is -0.467 e. The Hall–Kier alpha value is -2.55. The molecule has 1 amide bonds. The van der Waals surface area contributed by atoms with Gasteiger partial charge in [0.25, 0.3) is 5.56 Å². The van der Waals surface area contributed by atoms with Crippen LogP contribution in [0.2, 0.25) is 0 Å². The van der Waals surface area contributed by atoms with Crippen molar-refractivity contribution in [2.45, 2.75) is 31.5 Å². The van der Waals surface area contributed by atoms with Crippen molar-refractivity contribution in [3.8, 4) is 0 Å². The number of aromatic amines is 1. The predicted octanol–water partition coefficient (Wildman–Crippen LogP) is 1.54. The summed E-state index contributed by atoms with van der Waals surface area (Å²) in [5.74, 6) is 1.25. The van der Waals surface area contributed by atoms with Gasteiger partial charge in [0.05, 0.1) is 18.6 Å². The minimum atomic E-state index is -0.216. The maximum Gasteiger partial charge on any atom is 0.252 e. The summed E-state index contributed by atoms with van der Waals surface area (Å²) in [6, 6.07) is 5.10. The van der Waals surface area contributed by atoms with Crippen LogP contribution in [0.4, 0.5) is 0 Å². The standard InChI is InChI=1S/C15H17N5O3S/c1-9(2)11-6-12(21)17-14-18-19-15(20(11)14)24-8-13(22)16-7-10-4-3-5-23-10/h3-6,9H,7-8H2,1-2H3,(H,16,22)(H,17,18,21). The molecule has 3 aromatic rings. The zero-order chi connectivity index (χ0) is 17.1. The summed E-state index contributed by atoms with van der Waals surface area (Å²) in [5, 5.41) is 11.4. The second-order valence-electron chi connectivity index (χ2n) is 5.50. The van der Waals surface area contributed by atoms with Crippen LogP contribution in [0.5, 0.6) is 0 Å². The molecule has 0 aliphatic carbocycles. The van der Waals surface area contributed by atoms with E-state index in [0.717, 1.165) is 5.69 Å². The normalized spacial score (nSPS) is 11.3. The lowest BCUT2D eigenvalue weighted by Crippen LogP contribution is -2.24. The van der Waals surface area contributed by atoms with Crippen molar-refractivity contribution in [3.63, 3.8) is 0 Å². The number of nitrogens with one attached hydrogen (secondary N) is 2. The Kier molecular flexibility index (Phi) is 4.70. The van der Waals surface area contributed by atoms with Crippen molar-refractivity contribution in [1.82, 2.24) is 24.9 Å². The van der Waals surface area contributed by atoms with Crippen LogP contribution in [0.25, 0.3) is 5.78 Å². The van der Waals surface area contributed by atoms with E-state index in [0.29, 0.717) is 23.2 Å². The highest BCUT2D eigenvalue weighted by Crippen LogP contribution is 2.21. The molecule has 9 heteroatoms. The van der Waals surface area contributed by atoms with E-state index in [1.54, 1.807) is 22.8 Å². The van der Waals surface area contributed by atoms with E-state index in [9.17, 15) is 9.59 Å². The molecule has 0 radical (unpaired) electrons. The van der Waals surface area contributed by atoms with Gasteiger partial charge in [-0.15, -0.1) is 10.2 Å². The number of H-pyrrole nitrogens is 1. The third-order valence-corrected chi connectivity index (χ3v) is 4.30. The number of thioether (sulfide) groups is 1. The maximum atomic E-state index is 12.0. The Labute approximate surface area is 141 Å². The fraction of sp³-hybridized carbons (Fsp3) is 0.333. The highest BCUT2D eigenvalue weighted by atomic mass is 32.2. The molecular weight excluding hydrogens is 330 g/mol. The molecule has 2 N–H and O–H groups in total. The molecule has 24 heavy (non-hydrogen) atoms. The lowest BCUT2D eigenvalue weighted by Gasteiger charge is -2.09. The Morgan fingerprint density at radius 3 is 3.00 bits per heavy atom. The van der Waals surface area contributed by atoms with Gasteiger partial charge in [0, 0.05) is 11.8 Å². The lowest BCUT2D eigenvalue weighted by atomic mass is 10.1. The van der Waals surface area contributed by atoms with E-state index < -0.39 is 0 Å². The van der Waals surface area contributed by atoms with Crippen LogP contribution in [0.3, 0.4) is 0 Å². The first-order chi connectivity index (χ1) is 11.5. The number of furan rings is 1. The zero-order valence-electron chi connectivity index (χ0n) is 13.3. The average molecular weight is 347 g/mol. The SMILES string of the molecule is CC(C)c1cc(=O)[nH]c2nnc(SCC(=O)NCc3ccco3)n12. The molecule has 0 aliphatic rings. The Balaban J connectivity index is 1.71. The lowest BCUT2D eigenvalue weighted by molar-refractivity contribution is -0.118. The largest absolute Gasteiger partial charge is 0.467 e. The van der Waals surface area contributed by atoms with Crippen molar-refractivity contribution in [2.75, 3.05) is 5.75 Å². The van der Waals surface area contributed by atoms with Crippen molar-refractivity contribution >= 4 is 23.4 Å². The fourth-order valence-electron chi connectivity index (χ4n) is 2.23. The summed E-state index contributed by atoms with van der Waals surface area (Å²) < 4.78 is 6.94. The maximum absolute atomic E-state index is 12.0. The number of carbonyl (C=O) groups is 1. The van der Waals surface area contributed by atoms with Gasteiger partial charge in [-0.05, 0) is 18.1 Å². The number of rotatable bonds is 6. The second-order valence-corrected chi connectivity index (χ2v) is 6.44. The number of aromatic nitrogens is 4. The van der Waals surface area contributed by atoms with E-state index in [1.807, 2.05) is 13.8 Å². The second kappa shape index (κ2) is 6.91. The molecule has 0 saturated carbocycles. The Morgan fingerprint density at radius 2 is 2.29 bits per heavy atom. The van der Waals surface area contributed by atoms with Crippen LogP contribution in [0.15, 0.2) is 38.8 Å². The molecule has 0 aliphatic heterocycles. The molecular formula is C15H17N5O3S. The van der Waals surface area contributed by atoms with Crippen LogP contribution >= 0.6 is 11.8 Å². The highest BCUT2D eigenvalue weighted by molar-refractivity contribution is 7.99. The number of nitrogens with zero attached hydrogens (tertiary/aromatic N) is 3. The summed E-state index contributed by atoms with van der Waals surface area (Å²) in [4.78, 5) is 26.3. The summed E-state index contributed by atoms with van der Waals surface area (Å²) in [7, 11) is 0. The van der Waals surface area contributed by atoms with Crippen molar-refractivity contribution in [2.24, 2.45) is 0 Å². The van der Waals surface area contributed by atoms with E-state index in [1.165, 1.54) is 17.8 Å². The van der Waals surface area contributed by atoms with Crippen molar-refractivity contribution in [3.05, 3.63) is 46.3 Å². The first-order valence-corrected chi connectivity index (χ1v) is 8.43. The smallest absolute Gasteiger partial charge is 0.252 e. The van der Waals surface area contributed by atoms with Gasteiger partial charge in [0.1, 0.15) is 5.76 Å². The van der Waals surface area contributed by atoms with Gasteiger partial charge in [0.15, 0.2) is 5.16 Å². The topological polar surface area (TPSA) is 105 Å². The average Bonchev–Trinajstić information content (AvgIpc) is 3.19. The number of hydrogen-bond donors (Lipinski definition) is 2. The van der Waals surface area contributed by atoms with Crippen LogP contribution in [0.1, 0.15) is 31.2 Å². The van der Waals surface area contributed by atoms with Gasteiger partial charge < -0.3 is 9.73 Å². The number of carbonyl (C=O) groups excluding carboxylic acids is 1. The summed E-state index contributed by atoms with van der Waals surface area (Å²) in [6.07, 6.45) is 1.56. The van der Waals surface area contributed by atoms with Gasteiger partial charge in [-0.25, -0.2) is 0 Å². The molecule has 3 heterocycles. The van der Waals surface area contributed by atoms with Crippen molar-refractivity contribution in [1.29, 1.82) is 0 Å². The predicted molar refractivity (Wildman–Crippen MR) is 89.0 cm³/mol. The third kappa shape index (κ3) is 3.51. The molecule has 0 aromatic carbocycles. The van der Waals surface area contributed by atoms with Gasteiger partial charge in [-0.1, -0.05) is 25.6 Å². The molecule has 0 atom stereocenters. The first-order valence-electron chi connectivity index (χ1n) is 7.45. The molecule has 0 spiro atoms. The van der Waals surface area contributed by atoms with Gasteiger partial charge in [-0.2, -0.15) is 0 Å². The molecule has 0 fully saturated rings. The van der Waals surface area contributed by atoms with E-state index in [2.05, 4.69) is 20.5 Å². The third-order valence-electron chi connectivity index (χ3n) is 3.37. The van der Waals surface area contributed by atoms with Gasteiger partial charge in [0.2, 0.25) is 11.7 Å². The van der Waals surface area contributed by atoms with Crippen LogP contribution in [0, 0.1) is 0 Å². The number of amides is 1. The Bertz CT molecular complexity index is 898. The highest BCUT2D eigenvalue weighted by Gasteiger charge is 2.15. The Morgan fingerprint density at radius 1 is 1.46 bits per heavy atom. The molecule has 8 nitrogen and oxygen atoms in total. The quantitative estimate of drug-likeness (QED) is 0.655. The first kappa shape index (κ1) is 16.3. The van der Waals surface area contributed by atoms with E-state index in [4.69, 9.17) is 4.42 Å². The van der Waals surface area contributed by atoms with Crippen molar-refractivity contribution < 1.29 is 9.21 Å². The summed E-state index contributed by atoms with van der Waals surface area (Å²) in [5.41, 5.74) is 0.587. The monoisotopic (exact) mass is 347 g/mol. The molecule has 3 rings (SSSR count). The fourth-order valence-corrected chi connectivity index (χ4v) is 3.01. The molecule has 0 saturated heterocycles. The zero-order valence-corrected chi connectivity index (χ0v) is 14.1. The molecule has 0 unspecified atom stereocenters. The van der Waals surface area contributed by atoms with Crippen LogP contribution in [-0.2, 0) is 11.3 Å². The summed E-state index contributed by atoms with van der Waals surface area (Å²) >= 11 is 1.26. The van der Waals surface area contributed by atoms with Gasteiger partial charge in [-0.3, -0.25) is 19.0 Å². The number of fused-ring (bicyclic) bond motifs is 1. The molecule has 3 aromatic heterocycles. The van der Waals surface area contributed by atoms with Crippen LogP contribution < -0.4 is 10.9 Å². The number of hydrogen-bond acceptors (Lipinski definition) is 6. The molecule has 0 bridgehead atoms. The van der Waals surface area contributed by atoms with Gasteiger partial charge >= 0.3 is 0 Å². The summed E-state index contributed by atoms with van der Waals surface area (Å²) in [6.45, 7) is 4.31. The minimum absolute atomic E-state index is 0.123. The van der Waals surface area contributed by atoms with Crippen LogP contribution in [-0.4, -0.2) is 31.2 Å². The van der Waals surface area contributed by atoms with E-state index in [-0.39, 0.29) is 23.1 Å². The molecule has 126 valence electrons. The van der Waals surface area contributed by atoms with E-state index >= 15 is 0 Å².